The second-order valence-electron chi connectivity index (χ2n) is 8.07. The van der Waals surface area contributed by atoms with E-state index in [0.717, 1.165) is 4.57 Å². The minimum absolute atomic E-state index is 0.0260. The molecule has 198 valence electrons. The van der Waals surface area contributed by atoms with Crippen LogP contribution in [0.1, 0.15) is 6.92 Å². The van der Waals surface area contributed by atoms with E-state index in [1.807, 2.05) is 0 Å². The summed E-state index contributed by atoms with van der Waals surface area (Å²) in [6.45, 7) is 3.45. The summed E-state index contributed by atoms with van der Waals surface area (Å²) in [7, 11) is 2.84. The van der Waals surface area contributed by atoms with Gasteiger partial charge in [0.15, 0.2) is 23.5 Å². The highest BCUT2D eigenvalue weighted by atomic mass is 19.4. The SMILES string of the molecule is CC#CCN1c2c(nc(Oc3ccccc3OC)n(C)c2=O)N(OC(=O)C(F)(F)F)C1N1CCNCC1. The lowest BCUT2D eigenvalue weighted by Gasteiger charge is -2.40. The third kappa shape index (κ3) is 5.13. The molecule has 1 aromatic carbocycles. The second kappa shape index (κ2) is 10.6. The molecule has 37 heavy (non-hydrogen) atoms. The predicted molar refractivity (Wildman–Crippen MR) is 126 cm³/mol. The molecule has 0 bridgehead atoms. The van der Waals surface area contributed by atoms with Crippen LogP contribution < -0.4 is 30.3 Å². The number of anilines is 2. The summed E-state index contributed by atoms with van der Waals surface area (Å²) in [6.07, 6.45) is -6.37. The summed E-state index contributed by atoms with van der Waals surface area (Å²) in [5, 5.41) is 3.87. The highest BCUT2D eigenvalue weighted by Crippen LogP contribution is 2.40. The number of ether oxygens (including phenoxy) is 2. The first-order valence-corrected chi connectivity index (χ1v) is 11.3. The fourth-order valence-electron chi connectivity index (χ4n) is 4.02. The number of fused-ring (bicyclic) bond motifs is 1. The maximum Gasteiger partial charge on any atom is 0.493 e. The van der Waals surface area contributed by atoms with Crippen molar-refractivity contribution in [3.05, 3.63) is 34.6 Å². The number of aromatic nitrogens is 2. The Labute approximate surface area is 210 Å². The number of nitrogens with one attached hydrogen (secondary N) is 1. The monoisotopic (exact) mass is 522 g/mol. The summed E-state index contributed by atoms with van der Waals surface area (Å²) < 4.78 is 52.0. The number of hydroxylamine groups is 1. The van der Waals surface area contributed by atoms with Gasteiger partial charge in [0.2, 0.25) is 5.82 Å². The Morgan fingerprint density at radius 2 is 1.89 bits per heavy atom. The third-order valence-corrected chi connectivity index (χ3v) is 5.78. The molecule has 0 amide bonds. The molecule has 4 rings (SSSR count). The van der Waals surface area contributed by atoms with Crippen LogP contribution in [0, 0.1) is 11.8 Å². The van der Waals surface area contributed by atoms with Gasteiger partial charge in [-0.2, -0.15) is 18.2 Å². The van der Waals surface area contributed by atoms with Crippen LogP contribution in [0.5, 0.6) is 17.5 Å². The van der Waals surface area contributed by atoms with Crippen LogP contribution >= 0.6 is 0 Å². The van der Waals surface area contributed by atoms with Crippen molar-refractivity contribution in [2.75, 3.05) is 49.8 Å². The van der Waals surface area contributed by atoms with Crippen molar-refractivity contribution in [3.8, 4) is 29.4 Å². The van der Waals surface area contributed by atoms with Crippen LogP contribution in [-0.4, -0.2) is 72.7 Å². The van der Waals surface area contributed by atoms with E-state index in [1.165, 1.54) is 19.1 Å². The van der Waals surface area contributed by atoms with E-state index in [4.69, 9.17) is 14.3 Å². The number of rotatable bonds is 6. The number of hydrogen-bond donors (Lipinski definition) is 1. The molecule has 0 radical (unpaired) electrons. The Bertz CT molecular complexity index is 1280. The molecule has 11 nitrogen and oxygen atoms in total. The third-order valence-electron chi connectivity index (χ3n) is 5.78. The molecule has 1 unspecified atom stereocenters. The summed E-state index contributed by atoms with van der Waals surface area (Å²) in [5.41, 5.74) is -0.699. The highest BCUT2D eigenvalue weighted by molar-refractivity contribution is 5.80. The van der Waals surface area contributed by atoms with Crippen molar-refractivity contribution < 1.29 is 32.3 Å². The Balaban J connectivity index is 1.86. The molecule has 1 atom stereocenters. The Morgan fingerprint density at radius 1 is 1.22 bits per heavy atom. The molecule has 2 aromatic rings. The number of hydrogen-bond acceptors (Lipinski definition) is 10. The molecule has 1 saturated heterocycles. The van der Waals surface area contributed by atoms with Crippen molar-refractivity contribution in [1.29, 1.82) is 0 Å². The minimum atomic E-state index is -5.28. The zero-order valence-electron chi connectivity index (χ0n) is 20.3. The van der Waals surface area contributed by atoms with Crippen molar-refractivity contribution in [2.24, 2.45) is 7.05 Å². The van der Waals surface area contributed by atoms with Crippen molar-refractivity contribution >= 4 is 17.5 Å². The van der Waals surface area contributed by atoms with Crippen LogP contribution in [0.2, 0.25) is 0 Å². The average Bonchev–Trinajstić information content (AvgIpc) is 3.18. The first-order valence-electron chi connectivity index (χ1n) is 11.3. The number of methoxy groups -OCH3 is 1. The van der Waals surface area contributed by atoms with Gasteiger partial charge < -0.3 is 24.5 Å². The van der Waals surface area contributed by atoms with Gasteiger partial charge in [-0.05, 0) is 19.1 Å². The Kier molecular flexibility index (Phi) is 7.46. The predicted octanol–water partition coefficient (Wildman–Crippen LogP) is 1.44. The molecule has 0 aliphatic carbocycles. The number of piperazine rings is 1. The molecule has 0 saturated carbocycles. The van der Waals surface area contributed by atoms with Gasteiger partial charge in [-0.1, -0.05) is 18.1 Å². The standard InChI is InChI=1S/C23H25F3N6O5/c1-4-5-12-31-17-18(28-21(29(2)19(17)33)36-16-9-7-6-8-15(16)35-3)32(37-20(34)23(24,25)26)22(31)30-13-10-27-11-14-30/h6-9,22,27H,10-14H2,1-3H3. The second-order valence-corrected chi connectivity index (χ2v) is 8.07. The fourth-order valence-corrected chi connectivity index (χ4v) is 4.02. The lowest BCUT2D eigenvalue weighted by Crippen LogP contribution is -2.61. The van der Waals surface area contributed by atoms with Gasteiger partial charge in [0.05, 0.1) is 13.7 Å². The molecular formula is C23H25F3N6O5. The van der Waals surface area contributed by atoms with Crippen molar-refractivity contribution in [1.82, 2.24) is 19.8 Å². The number of carbonyl (C=O) groups excluding carboxylic acids is 1. The van der Waals surface area contributed by atoms with Crippen LogP contribution in [0.25, 0.3) is 0 Å². The molecule has 0 spiro atoms. The molecule has 14 heteroatoms. The molecular weight excluding hydrogens is 497 g/mol. The normalized spacial score (nSPS) is 17.6. The largest absolute Gasteiger partial charge is 0.493 e. The zero-order valence-corrected chi connectivity index (χ0v) is 20.3. The van der Waals surface area contributed by atoms with Gasteiger partial charge in [-0.15, -0.1) is 11.0 Å². The van der Waals surface area contributed by atoms with Crippen LogP contribution in [0.15, 0.2) is 29.1 Å². The summed E-state index contributed by atoms with van der Waals surface area (Å²) in [6, 6.07) is 6.34. The van der Waals surface area contributed by atoms with E-state index in [0.29, 0.717) is 37.0 Å². The number of para-hydroxylation sites is 2. The summed E-state index contributed by atoms with van der Waals surface area (Å²) >= 11 is 0. The number of benzene rings is 1. The number of alkyl halides is 3. The molecule has 1 N–H and O–H groups in total. The van der Waals surface area contributed by atoms with E-state index in [2.05, 4.69) is 22.1 Å². The smallest absolute Gasteiger partial charge is 0.493 e. The van der Waals surface area contributed by atoms with Gasteiger partial charge in [-0.3, -0.25) is 14.3 Å². The number of carbonyl (C=O) groups is 1. The highest BCUT2D eigenvalue weighted by Gasteiger charge is 2.50. The summed E-state index contributed by atoms with van der Waals surface area (Å²) in [4.78, 5) is 38.0. The maximum atomic E-state index is 13.6. The molecule has 2 aliphatic heterocycles. The van der Waals surface area contributed by atoms with Gasteiger partial charge in [-0.25, -0.2) is 4.79 Å². The average molecular weight is 522 g/mol. The van der Waals surface area contributed by atoms with Crippen molar-refractivity contribution in [3.63, 3.8) is 0 Å². The number of nitrogens with zero attached hydrogens (tertiary/aromatic N) is 5. The molecule has 2 aliphatic rings. The first-order chi connectivity index (χ1) is 17.7. The van der Waals surface area contributed by atoms with Crippen LogP contribution in [0.3, 0.4) is 0 Å². The maximum absolute atomic E-state index is 13.6. The zero-order chi connectivity index (χ0) is 26.7. The van der Waals surface area contributed by atoms with E-state index < -0.39 is 24.0 Å². The van der Waals surface area contributed by atoms with E-state index in [-0.39, 0.29) is 29.8 Å². The van der Waals surface area contributed by atoms with Gasteiger partial charge >= 0.3 is 18.2 Å². The molecule has 1 fully saturated rings. The topological polar surface area (TPSA) is 101 Å². The Morgan fingerprint density at radius 3 is 2.51 bits per heavy atom. The first kappa shape index (κ1) is 26.1. The lowest BCUT2D eigenvalue weighted by atomic mass is 10.3. The quantitative estimate of drug-likeness (QED) is 0.561. The van der Waals surface area contributed by atoms with Crippen LogP contribution in [0.4, 0.5) is 24.7 Å². The van der Waals surface area contributed by atoms with E-state index in [9.17, 15) is 22.8 Å². The van der Waals surface area contributed by atoms with E-state index in [1.54, 1.807) is 36.1 Å². The van der Waals surface area contributed by atoms with E-state index >= 15 is 0 Å². The molecule has 1 aromatic heterocycles. The fraction of sp³-hybridized carbons (Fsp3) is 0.435. The lowest BCUT2D eigenvalue weighted by molar-refractivity contribution is -0.203. The molecule has 3 heterocycles. The van der Waals surface area contributed by atoms with Gasteiger partial charge in [0.25, 0.3) is 5.56 Å². The van der Waals surface area contributed by atoms with Crippen molar-refractivity contribution in [2.45, 2.75) is 19.4 Å². The summed E-state index contributed by atoms with van der Waals surface area (Å²) in [5.74, 6) is 3.38. The van der Waals surface area contributed by atoms with Gasteiger partial charge in [0, 0.05) is 33.2 Å². The number of halogens is 3. The van der Waals surface area contributed by atoms with Gasteiger partial charge in [0.1, 0.15) is 0 Å². The van der Waals surface area contributed by atoms with Crippen LogP contribution in [-0.2, 0) is 16.7 Å². The minimum Gasteiger partial charge on any atom is -0.493 e. The Hall–Kier alpha value is -3.96.